The highest BCUT2D eigenvalue weighted by molar-refractivity contribution is 5.85. The molecular formula is C16H22ClN. The van der Waals surface area contributed by atoms with E-state index in [1.54, 1.807) is 4.90 Å². The molecule has 0 heterocycles. The summed E-state index contributed by atoms with van der Waals surface area (Å²) in [6.45, 7) is 4.72. The van der Waals surface area contributed by atoms with Gasteiger partial charge in [0.1, 0.15) is 0 Å². The van der Waals surface area contributed by atoms with E-state index in [2.05, 4.69) is 56.4 Å². The molecule has 2 aromatic carbocycles. The predicted octanol–water partition coefficient (Wildman–Crippen LogP) is -0.689. The summed E-state index contributed by atoms with van der Waals surface area (Å²) in [6, 6.07) is 15.3. The van der Waals surface area contributed by atoms with Gasteiger partial charge in [0.15, 0.2) is 0 Å². The summed E-state index contributed by atoms with van der Waals surface area (Å²) >= 11 is 0. The van der Waals surface area contributed by atoms with E-state index in [0.717, 1.165) is 0 Å². The van der Waals surface area contributed by atoms with Gasteiger partial charge in [-0.2, -0.15) is 0 Å². The summed E-state index contributed by atoms with van der Waals surface area (Å²) < 4.78 is 0. The molecule has 0 aliphatic carbocycles. The Morgan fingerprint density at radius 3 is 2.50 bits per heavy atom. The summed E-state index contributed by atoms with van der Waals surface area (Å²) in [7, 11) is 2.27. The molecule has 0 aromatic heterocycles. The maximum absolute atomic E-state index is 2.27. The molecule has 1 N–H and O–H groups in total. The van der Waals surface area contributed by atoms with E-state index in [4.69, 9.17) is 0 Å². The number of benzene rings is 2. The molecular weight excluding hydrogens is 242 g/mol. The third kappa shape index (κ3) is 3.72. The van der Waals surface area contributed by atoms with Crippen molar-refractivity contribution in [3.05, 3.63) is 48.0 Å². The van der Waals surface area contributed by atoms with Gasteiger partial charge in [0.05, 0.1) is 20.1 Å². The third-order valence-electron chi connectivity index (χ3n) is 3.53. The Bertz CT molecular complexity index is 476. The molecule has 98 valence electrons. The molecule has 0 fully saturated rings. The average molecular weight is 264 g/mol. The molecule has 1 nitrogen and oxygen atoms in total. The van der Waals surface area contributed by atoms with E-state index in [9.17, 15) is 0 Å². The monoisotopic (exact) mass is 263 g/mol. The van der Waals surface area contributed by atoms with E-state index < -0.39 is 0 Å². The first-order valence-electron chi connectivity index (χ1n) is 6.59. The fourth-order valence-corrected chi connectivity index (χ4v) is 2.27. The van der Waals surface area contributed by atoms with E-state index >= 15 is 0 Å². The van der Waals surface area contributed by atoms with Gasteiger partial charge in [0.2, 0.25) is 0 Å². The van der Waals surface area contributed by atoms with E-state index in [1.165, 1.54) is 42.3 Å². The van der Waals surface area contributed by atoms with Gasteiger partial charge in [0.25, 0.3) is 0 Å². The van der Waals surface area contributed by atoms with Crippen LogP contribution in [-0.2, 0) is 6.42 Å². The molecule has 0 saturated heterocycles. The number of hydrogen-bond acceptors (Lipinski definition) is 0. The Morgan fingerprint density at radius 1 is 1.00 bits per heavy atom. The first kappa shape index (κ1) is 15.0. The van der Waals surface area contributed by atoms with Gasteiger partial charge >= 0.3 is 0 Å². The lowest BCUT2D eigenvalue weighted by Crippen LogP contribution is -3.08. The Hall–Kier alpha value is -1.05. The second-order valence-corrected chi connectivity index (χ2v) is 4.80. The zero-order valence-corrected chi connectivity index (χ0v) is 12.0. The van der Waals surface area contributed by atoms with Gasteiger partial charge in [-0.05, 0) is 29.7 Å². The van der Waals surface area contributed by atoms with Gasteiger partial charge in [-0.1, -0.05) is 42.5 Å². The number of hydrogen-bond donors (Lipinski definition) is 1. The van der Waals surface area contributed by atoms with Crippen molar-refractivity contribution < 1.29 is 17.3 Å². The lowest BCUT2D eigenvalue weighted by atomic mass is 10.0. The van der Waals surface area contributed by atoms with Crippen LogP contribution < -0.4 is 17.3 Å². The third-order valence-corrected chi connectivity index (χ3v) is 3.53. The van der Waals surface area contributed by atoms with Crippen molar-refractivity contribution in [2.45, 2.75) is 19.8 Å². The number of nitrogens with one attached hydrogen (secondary N) is 1. The summed E-state index contributed by atoms with van der Waals surface area (Å²) in [6.07, 6.45) is 2.46. The highest BCUT2D eigenvalue weighted by Gasteiger charge is 2.02. The van der Waals surface area contributed by atoms with Crippen LogP contribution in [0.5, 0.6) is 0 Å². The minimum Gasteiger partial charge on any atom is -1.00 e. The van der Waals surface area contributed by atoms with Gasteiger partial charge in [-0.25, -0.2) is 0 Å². The van der Waals surface area contributed by atoms with Crippen molar-refractivity contribution in [1.29, 1.82) is 0 Å². The van der Waals surface area contributed by atoms with Crippen LogP contribution in [0.25, 0.3) is 10.8 Å². The van der Waals surface area contributed by atoms with Gasteiger partial charge in [0, 0.05) is 6.42 Å². The van der Waals surface area contributed by atoms with Crippen LogP contribution in [0.4, 0.5) is 0 Å². The van der Waals surface area contributed by atoms with E-state index in [1.807, 2.05) is 0 Å². The summed E-state index contributed by atoms with van der Waals surface area (Å²) in [4.78, 5) is 1.62. The first-order chi connectivity index (χ1) is 8.31. The molecule has 0 bridgehead atoms. The van der Waals surface area contributed by atoms with Crippen molar-refractivity contribution in [2.24, 2.45) is 0 Å². The highest BCUT2D eigenvalue weighted by atomic mass is 35.5. The Kier molecular flexibility index (Phi) is 6.17. The Morgan fingerprint density at radius 2 is 1.72 bits per heavy atom. The highest BCUT2D eigenvalue weighted by Crippen LogP contribution is 2.19. The largest absolute Gasteiger partial charge is 1.00 e. The topological polar surface area (TPSA) is 4.44 Å². The van der Waals surface area contributed by atoms with Crippen LogP contribution in [-0.4, -0.2) is 20.1 Å². The van der Waals surface area contributed by atoms with Crippen LogP contribution in [0.1, 0.15) is 18.9 Å². The van der Waals surface area contributed by atoms with Gasteiger partial charge in [-0.15, -0.1) is 0 Å². The molecule has 18 heavy (non-hydrogen) atoms. The molecule has 0 saturated carbocycles. The van der Waals surface area contributed by atoms with Crippen LogP contribution in [0, 0.1) is 0 Å². The molecule has 1 atom stereocenters. The van der Waals surface area contributed by atoms with Crippen LogP contribution in [0.15, 0.2) is 42.5 Å². The predicted molar refractivity (Wildman–Crippen MR) is 74.6 cm³/mol. The minimum absolute atomic E-state index is 0. The van der Waals surface area contributed by atoms with Crippen molar-refractivity contribution in [3.8, 4) is 0 Å². The number of rotatable bonds is 5. The SMILES string of the molecule is CC[NH+](C)CCCc1cccc2ccccc12.[Cl-]. The quantitative estimate of drug-likeness (QED) is 0.729. The Labute approximate surface area is 116 Å². The zero-order chi connectivity index (χ0) is 12.1. The summed E-state index contributed by atoms with van der Waals surface area (Å²) in [5.74, 6) is 0. The van der Waals surface area contributed by atoms with Crippen molar-refractivity contribution in [1.82, 2.24) is 0 Å². The second kappa shape index (κ2) is 7.40. The lowest BCUT2D eigenvalue weighted by Gasteiger charge is -2.11. The van der Waals surface area contributed by atoms with Gasteiger partial charge < -0.3 is 17.3 Å². The van der Waals surface area contributed by atoms with Crippen molar-refractivity contribution in [2.75, 3.05) is 20.1 Å². The zero-order valence-electron chi connectivity index (χ0n) is 11.2. The fraction of sp³-hybridized carbons (Fsp3) is 0.375. The summed E-state index contributed by atoms with van der Waals surface area (Å²) in [5, 5.41) is 2.78. The van der Waals surface area contributed by atoms with Crippen molar-refractivity contribution >= 4 is 10.8 Å². The number of halogens is 1. The summed E-state index contributed by atoms with van der Waals surface area (Å²) in [5.41, 5.74) is 1.49. The normalized spacial score (nSPS) is 12.1. The molecule has 0 radical (unpaired) electrons. The second-order valence-electron chi connectivity index (χ2n) is 4.80. The maximum atomic E-state index is 2.27. The van der Waals surface area contributed by atoms with E-state index in [-0.39, 0.29) is 12.4 Å². The molecule has 0 amide bonds. The Balaban J connectivity index is 0.00000162. The van der Waals surface area contributed by atoms with Gasteiger partial charge in [-0.3, -0.25) is 0 Å². The van der Waals surface area contributed by atoms with Crippen molar-refractivity contribution in [3.63, 3.8) is 0 Å². The molecule has 0 spiro atoms. The molecule has 2 heteroatoms. The van der Waals surface area contributed by atoms with E-state index in [0.29, 0.717) is 0 Å². The molecule has 2 rings (SSSR count). The molecule has 0 aliphatic rings. The number of aryl methyl sites for hydroxylation is 1. The average Bonchev–Trinajstić information content (AvgIpc) is 2.39. The van der Waals surface area contributed by atoms with Crippen LogP contribution >= 0.6 is 0 Å². The van der Waals surface area contributed by atoms with Crippen LogP contribution in [0.3, 0.4) is 0 Å². The maximum Gasteiger partial charge on any atom is 0.0772 e. The number of quaternary nitrogens is 1. The minimum atomic E-state index is 0. The smallest absolute Gasteiger partial charge is 0.0772 e. The first-order valence-corrected chi connectivity index (χ1v) is 6.59. The molecule has 0 aliphatic heterocycles. The molecule has 2 aromatic rings. The lowest BCUT2D eigenvalue weighted by molar-refractivity contribution is -0.877. The molecule has 1 unspecified atom stereocenters. The number of fused-ring (bicyclic) bond motifs is 1. The fourth-order valence-electron chi connectivity index (χ4n) is 2.27. The van der Waals surface area contributed by atoms with Crippen LogP contribution in [0.2, 0.25) is 0 Å². The standard InChI is InChI=1S/C16H21N.ClH/c1-3-17(2)13-7-11-15-10-6-9-14-8-4-5-12-16(14)15;/h4-6,8-10,12H,3,7,11,13H2,1-2H3;1H.